The number of aryl methyl sites for hydroxylation is 1. The van der Waals surface area contributed by atoms with E-state index in [1.54, 1.807) is 26.4 Å². The Morgan fingerprint density at radius 1 is 1.50 bits per heavy atom. The van der Waals surface area contributed by atoms with Crippen LogP contribution in [0.3, 0.4) is 0 Å². The van der Waals surface area contributed by atoms with Gasteiger partial charge in [0, 0.05) is 20.3 Å². The molecule has 0 aromatic carbocycles. The lowest BCUT2D eigenvalue weighted by Crippen LogP contribution is -2.22. The second kappa shape index (κ2) is 3.10. The molecule has 2 aromatic rings. The highest BCUT2D eigenvalue weighted by molar-refractivity contribution is 5.71. The molecule has 0 aliphatic heterocycles. The molecule has 1 N–H and O–H groups in total. The Kier molecular flexibility index (Phi) is 1.92. The molecule has 0 bridgehead atoms. The molecular weight excluding hydrogens is 180 g/mol. The Hall–Kier alpha value is -1.91. The minimum Gasteiger partial charge on any atom is -0.369 e. The molecule has 0 fully saturated rings. The molecule has 0 aliphatic rings. The van der Waals surface area contributed by atoms with Crippen molar-refractivity contribution in [2.24, 2.45) is 7.05 Å². The first kappa shape index (κ1) is 8.68. The zero-order valence-electron chi connectivity index (χ0n) is 7.98. The summed E-state index contributed by atoms with van der Waals surface area (Å²) in [6.45, 7) is 0. The van der Waals surface area contributed by atoms with Gasteiger partial charge in [0.25, 0.3) is 5.56 Å². The van der Waals surface area contributed by atoms with E-state index in [9.17, 15) is 4.79 Å². The fourth-order valence-electron chi connectivity index (χ4n) is 1.32. The third-order valence-corrected chi connectivity index (χ3v) is 2.06. The lowest BCUT2D eigenvalue weighted by molar-refractivity contribution is 0.876. The van der Waals surface area contributed by atoms with Crippen molar-refractivity contribution in [2.75, 3.05) is 12.4 Å². The van der Waals surface area contributed by atoms with E-state index in [1.807, 2.05) is 6.07 Å². The maximum Gasteiger partial charge on any atom is 0.294 e. The second-order valence-corrected chi connectivity index (χ2v) is 2.92. The van der Waals surface area contributed by atoms with Crippen molar-refractivity contribution in [1.29, 1.82) is 0 Å². The van der Waals surface area contributed by atoms with Gasteiger partial charge in [0.05, 0.1) is 0 Å². The van der Waals surface area contributed by atoms with Gasteiger partial charge in [0.15, 0.2) is 11.5 Å². The average Bonchev–Trinajstić information content (AvgIpc) is 2.23. The van der Waals surface area contributed by atoms with E-state index in [2.05, 4.69) is 15.3 Å². The van der Waals surface area contributed by atoms with Crippen molar-refractivity contribution < 1.29 is 0 Å². The molecule has 2 heterocycles. The molecule has 0 aliphatic carbocycles. The average molecular weight is 190 g/mol. The van der Waals surface area contributed by atoms with Crippen molar-refractivity contribution in [3.05, 3.63) is 28.7 Å². The topological polar surface area (TPSA) is 59.8 Å². The fourth-order valence-corrected chi connectivity index (χ4v) is 1.32. The summed E-state index contributed by atoms with van der Waals surface area (Å²) in [6, 6.07) is 3.61. The first-order chi connectivity index (χ1) is 6.74. The Balaban J connectivity index is 2.92. The van der Waals surface area contributed by atoms with Gasteiger partial charge in [-0.1, -0.05) is 0 Å². The van der Waals surface area contributed by atoms with Gasteiger partial charge in [-0.05, 0) is 12.1 Å². The van der Waals surface area contributed by atoms with Crippen LogP contribution in [0.4, 0.5) is 5.82 Å². The molecule has 5 nitrogen and oxygen atoms in total. The summed E-state index contributed by atoms with van der Waals surface area (Å²) in [5.74, 6) is 0.341. The molecular formula is C9H10N4O. The van der Waals surface area contributed by atoms with Crippen LogP contribution in [0.1, 0.15) is 0 Å². The zero-order chi connectivity index (χ0) is 10.1. The lowest BCUT2D eigenvalue weighted by Gasteiger charge is -2.05. The van der Waals surface area contributed by atoms with Crippen molar-refractivity contribution in [3.8, 4) is 0 Å². The molecule has 2 rings (SSSR count). The number of hydrogen-bond acceptors (Lipinski definition) is 4. The quantitative estimate of drug-likeness (QED) is 0.705. The Labute approximate surface area is 80.4 Å². The van der Waals surface area contributed by atoms with Crippen molar-refractivity contribution in [1.82, 2.24) is 14.5 Å². The maximum absolute atomic E-state index is 11.6. The lowest BCUT2D eigenvalue weighted by atomic mass is 10.4. The molecule has 5 heteroatoms. The minimum atomic E-state index is -0.168. The van der Waals surface area contributed by atoms with E-state index in [0.717, 1.165) is 0 Å². The van der Waals surface area contributed by atoms with Crippen LogP contribution in [0, 0.1) is 0 Å². The van der Waals surface area contributed by atoms with Gasteiger partial charge in [-0.2, -0.15) is 0 Å². The molecule has 14 heavy (non-hydrogen) atoms. The van der Waals surface area contributed by atoms with E-state index in [1.165, 1.54) is 4.57 Å². The third kappa shape index (κ3) is 1.14. The number of rotatable bonds is 1. The van der Waals surface area contributed by atoms with Crippen LogP contribution in [0.5, 0.6) is 0 Å². The van der Waals surface area contributed by atoms with Crippen molar-refractivity contribution >= 4 is 17.0 Å². The Morgan fingerprint density at radius 2 is 2.29 bits per heavy atom. The monoisotopic (exact) mass is 190 g/mol. The highest BCUT2D eigenvalue weighted by Crippen LogP contribution is 2.06. The van der Waals surface area contributed by atoms with Gasteiger partial charge in [-0.15, -0.1) is 0 Å². The summed E-state index contributed by atoms with van der Waals surface area (Å²) >= 11 is 0. The van der Waals surface area contributed by atoms with E-state index in [0.29, 0.717) is 17.0 Å². The molecule has 2 aromatic heterocycles. The van der Waals surface area contributed by atoms with Crippen LogP contribution in [-0.2, 0) is 7.05 Å². The van der Waals surface area contributed by atoms with Crippen LogP contribution >= 0.6 is 0 Å². The first-order valence-electron chi connectivity index (χ1n) is 4.23. The van der Waals surface area contributed by atoms with E-state index < -0.39 is 0 Å². The molecule has 0 amide bonds. The number of pyridine rings is 1. The van der Waals surface area contributed by atoms with Crippen LogP contribution in [0.25, 0.3) is 11.2 Å². The minimum absolute atomic E-state index is 0.168. The highest BCUT2D eigenvalue weighted by atomic mass is 16.1. The molecule has 0 saturated heterocycles. The van der Waals surface area contributed by atoms with Crippen molar-refractivity contribution in [2.45, 2.75) is 0 Å². The number of aromatic nitrogens is 3. The van der Waals surface area contributed by atoms with Crippen molar-refractivity contribution in [3.63, 3.8) is 0 Å². The van der Waals surface area contributed by atoms with Gasteiger partial charge in [0.2, 0.25) is 0 Å². The Bertz CT molecular complexity index is 532. The summed E-state index contributed by atoms with van der Waals surface area (Å²) < 4.78 is 1.48. The molecule has 0 radical (unpaired) electrons. The van der Waals surface area contributed by atoms with E-state index in [-0.39, 0.29) is 5.56 Å². The van der Waals surface area contributed by atoms with E-state index >= 15 is 0 Å². The first-order valence-corrected chi connectivity index (χ1v) is 4.23. The SMILES string of the molecule is CNc1nc2cccnc2n(C)c1=O. The van der Waals surface area contributed by atoms with Crippen LogP contribution in [0.2, 0.25) is 0 Å². The summed E-state index contributed by atoms with van der Waals surface area (Å²) in [5, 5.41) is 2.76. The zero-order valence-corrected chi connectivity index (χ0v) is 7.98. The van der Waals surface area contributed by atoms with Gasteiger partial charge in [0.1, 0.15) is 5.52 Å². The van der Waals surface area contributed by atoms with Gasteiger partial charge in [-0.25, -0.2) is 9.97 Å². The van der Waals surface area contributed by atoms with Crippen LogP contribution in [-0.4, -0.2) is 21.6 Å². The standard InChI is InChI=1S/C9H10N4O/c1-10-7-9(14)13(2)8-6(12-7)4-3-5-11-8/h3-5H,1-2H3,(H,10,12). The highest BCUT2D eigenvalue weighted by Gasteiger charge is 2.06. The largest absolute Gasteiger partial charge is 0.369 e. The number of fused-ring (bicyclic) bond motifs is 1. The summed E-state index contributed by atoms with van der Waals surface area (Å²) in [7, 11) is 3.35. The predicted molar refractivity (Wildman–Crippen MR) is 54.3 cm³/mol. The predicted octanol–water partition coefficient (Wildman–Crippen LogP) is 0.370. The summed E-state index contributed by atoms with van der Waals surface area (Å²) in [4.78, 5) is 19.8. The number of nitrogens with one attached hydrogen (secondary N) is 1. The number of anilines is 1. The number of nitrogens with zero attached hydrogens (tertiary/aromatic N) is 3. The van der Waals surface area contributed by atoms with Crippen LogP contribution in [0.15, 0.2) is 23.1 Å². The summed E-state index contributed by atoms with van der Waals surface area (Å²) in [6.07, 6.45) is 1.64. The van der Waals surface area contributed by atoms with Gasteiger partial charge < -0.3 is 5.32 Å². The molecule has 0 atom stereocenters. The van der Waals surface area contributed by atoms with Crippen LogP contribution < -0.4 is 10.9 Å². The summed E-state index contributed by atoms with van der Waals surface area (Å²) in [5.41, 5.74) is 1.13. The Morgan fingerprint density at radius 3 is 3.00 bits per heavy atom. The second-order valence-electron chi connectivity index (χ2n) is 2.92. The van der Waals surface area contributed by atoms with Gasteiger partial charge in [-0.3, -0.25) is 9.36 Å². The molecule has 0 spiro atoms. The smallest absolute Gasteiger partial charge is 0.294 e. The molecule has 0 saturated carbocycles. The van der Waals surface area contributed by atoms with Gasteiger partial charge >= 0.3 is 0 Å². The fraction of sp³-hybridized carbons (Fsp3) is 0.222. The normalized spacial score (nSPS) is 10.4. The number of hydrogen-bond donors (Lipinski definition) is 1. The van der Waals surface area contributed by atoms with E-state index in [4.69, 9.17) is 0 Å². The molecule has 0 unspecified atom stereocenters. The molecule has 72 valence electrons. The third-order valence-electron chi connectivity index (χ3n) is 2.06. The maximum atomic E-state index is 11.6.